The minimum Gasteiger partial charge on any atom is -0.507 e. The van der Waals surface area contributed by atoms with Crippen molar-refractivity contribution in [2.45, 2.75) is 43.6 Å². The van der Waals surface area contributed by atoms with Crippen LogP contribution >= 0.6 is 0 Å². The number of rotatable bonds is 4. The summed E-state index contributed by atoms with van der Waals surface area (Å²) in [5, 5.41) is 20.3. The highest BCUT2D eigenvalue weighted by Gasteiger charge is 2.43. The van der Waals surface area contributed by atoms with Gasteiger partial charge >= 0.3 is 0 Å². The van der Waals surface area contributed by atoms with Crippen LogP contribution in [0.2, 0.25) is 0 Å². The molecule has 2 bridgehead atoms. The summed E-state index contributed by atoms with van der Waals surface area (Å²) in [6, 6.07) is 5.51. The van der Waals surface area contributed by atoms with Gasteiger partial charge in [-0.25, -0.2) is 14.4 Å². The van der Waals surface area contributed by atoms with Crippen LogP contribution in [0, 0.1) is 0 Å². The van der Waals surface area contributed by atoms with E-state index in [1.807, 2.05) is 6.07 Å². The van der Waals surface area contributed by atoms with Crippen LogP contribution in [0.1, 0.15) is 19.3 Å². The summed E-state index contributed by atoms with van der Waals surface area (Å²) in [5.74, 6) is 0.396. The number of benzene rings is 1. The molecule has 7 nitrogen and oxygen atoms in total. The zero-order valence-electron chi connectivity index (χ0n) is 15.0. The van der Waals surface area contributed by atoms with Crippen molar-refractivity contribution in [3.8, 4) is 34.0 Å². The molecule has 0 radical (unpaired) electrons. The molecule has 4 heterocycles. The summed E-state index contributed by atoms with van der Waals surface area (Å²) >= 11 is 0. The first kappa shape index (κ1) is 17.1. The van der Waals surface area contributed by atoms with Gasteiger partial charge in [0.15, 0.2) is 6.17 Å². The van der Waals surface area contributed by atoms with Crippen LogP contribution in [0.15, 0.2) is 43.0 Å². The number of piperidine rings is 1. The molecule has 3 aromatic rings. The number of nitrogens with zero attached hydrogens (tertiary/aromatic N) is 3. The first-order valence-electron chi connectivity index (χ1n) is 9.39. The molecule has 2 unspecified atom stereocenters. The number of nitrogens with one attached hydrogen (secondary N) is 2. The van der Waals surface area contributed by atoms with Crippen molar-refractivity contribution in [2.24, 2.45) is 0 Å². The third kappa shape index (κ3) is 3.09. The van der Waals surface area contributed by atoms with Crippen molar-refractivity contribution in [1.29, 1.82) is 0 Å². The smallest absolute Gasteiger partial charge is 0.232 e. The number of alkyl halides is 1. The van der Waals surface area contributed by atoms with Gasteiger partial charge in [-0.05, 0) is 30.5 Å². The number of ether oxygens (including phenoxy) is 1. The second-order valence-electron chi connectivity index (χ2n) is 7.34. The molecule has 4 atom stereocenters. The maximum atomic E-state index is 14.5. The molecule has 28 heavy (non-hydrogen) atoms. The van der Waals surface area contributed by atoms with Gasteiger partial charge in [-0.2, -0.15) is 5.10 Å². The molecule has 144 valence electrons. The van der Waals surface area contributed by atoms with Crippen molar-refractivity contribution in [3.63, 3.8) is 0 Å². The standard InChI is InChI=1S/C20H20FN5O2/c21-20-15-4-2-13(26-15)6-18(20)28-19-10-22-16(9-23-19)14-3-1-11(5-17(14)27)12-7-24-25-8-12/h1,3,5,7-10,13,15,18,20,26-27H,2,4,6H2,(H,24,25)/t13?,15?,18-,20+/m1/s1. The van der Waals surface area contributed by atoms with Gasteiger partial charge < -0.3 is 15.2 Å². The Labute approximate surface area is 161 Å². The molecule has 0 aliphatic carbocycles. The van der Waals surface area contributed by atoms with Crippen molar-refractivity contribution in [2.75, 3.05) is 0 Å². The van der Waals surface area contributed by atoms with Crippen LogP contribution in [0.3, 0.4) is 0 Å². The summed E-state index contributed by atoms with van der Waals surface area (Å²) in [7, 11) is 0. The Bertz CT molecular complexity index is 963. The molecule has 2 aliphatic rings. The van der Waals surface area contributed by atoms with E-state index in [1.54, 1.807) is 24.5 Å². The fourth-order valence-corrected chi connectivity index (χ4v) is 4.08. The van der Waals surface area contributed by atoms with E-state index in [1.165, 1.54) is 12.4 Å². The van der Waals surface area contributed by atoms with E-state index in [4.69, 9.17) is 4.74 Å². The average molecular weight is 381 g/mol. The Morgan fingerprint density at radius 1 is 1.11 bits per heavy atom. The molecule has 2 aromatic heterocycles. The number of phenols is 1. The van der Waals surface area contributed by atoms with E-state index in [0.717, 1.165) is 24.0 Å². The Kier molecular flexibility index (Phi) is 4.20. The number of hydrogen-bond donors (Lipinski definition) is 3. The van der Waals surface area contributed by atoms with Gasteiger partial charge in [0, 0.05) is 35.8 Å². The first-order chi connectivity index (χ1) is 13.7. The third-order valence-electron chi connectivity index (χ3n) is 5.54. The highest BCUT2D eigenvalue weighted by Crippen LogP contribution is 2.33. The minimum atomic E-state index is -1.04. The molecule has 1 aromatic carbocycles. The number of aromatic amines is 1. The lowest BCUT2D eigenvalue weighted by molar-refractivity contribution is 0.0425. The number of aromatic hydroxyl groups is 1. The molecule has 0 spiro atoms. The zero-order chi connectivity index (χ0) is 19.1. The second-order valence-corrected chi connectivity index (χ2v) is 7.34. The van der Waals surface area contributed by atoms with Gasteiger partial charge in [0.2, 0.25) is 5.88 Å². The number of halogens is 1. The predicted octanol–water partition coefficient (Wildman–Crippen LogP) is 2.85. The number of fused-ring (bicyclic) bond motifs is 2. The maximum absolute atomic E-state index is 14.5. The van der Waals surface area contributed by atoms with Gasteiger partial charge in [0.25, 0.3) is 0 Å². The number of H-pyrrole nitrogens is 1. The van der Waals surface area contributed by atoms with Gasteiger partial charge in [-0.15, -0.1) is 0 Å². The van der Waals surface area contributed by atoms with Crippen LogP contribution in [0.25, 0.3) is 22.4 Å². The monoisotopic (exact) mass is 381 g/mol. The fourth-order valence-electron chi connectivity index (χ4n) is 4.08. The van der Waals surface area contributed by atoms with Gasteiger partial charge in [0.05, 0.1) is 24.3 Å². The Balaban J connectivity index is 1.32. The number of hydrogen-bond acceptors (Lipinski definition) is 6. The summed E-state index contributed by atoms with van der Waals surface area (Å²) in [5.41, 5.74) is 2.81. The van der Waals surface area contributed by atoms with Crippen LogP contribution in [-0.2, 0) is 0 Å². The van der Waals surface area contributed by atoms with Gasteiger partial charge in [-0.3, -0.25) is 5.10 Å². The molecule has 0 amide bonds. The van der Waals surface area contributed by atoms with Gasteiger partial charge in [-0.1, -0.05) is 6.07 Å². The lowest BCUT2D eigenvalue weighted by Gasteiger charge is -2.32. The van der Waals surface area contributed by atoms with E-state index in [9.17, 15) is 9.50 Å². The highest BCUT2D eigenvalue weighted by molar-refractivity contribution is 5.73. The summed E-state index contributed by atoms with van der Waals surface area (Å²) < 4.78 is 20.3. The molecule has 2 fully saturated rings. The largest absolute Gasteiger partial charge is 0.507 e. The molecular weight excluding hydrogens is 361 g/mol. The van der Waals surface area contributed by atoms with Crippen LogP contribution < -0.4 is 10.1 Å². The lowest BCUT2D eigenvalue weighted by atomic mass is 10.0. The second kappa shape index (κ2) is 6.87. The topological polar surface area (TPSA) is 96.0 Å². The zero-order valence-corrected chi connectivity index (χ0v) is 15.0. The Hall–Kier alpha value is -3.00. The molecule has 8 heteroatoms. The average Bonchev–Trinajstić information content (AvgIpc) is 3.37. The van der Waals surface area contributed by atoms with E-state index >= 15 is 0 Å². The molecular formula is C20H20FN5O2. The maximum Gasteiger partial charge on any atom is 0.232 e. The van der Waals surface area contributed by atoms with Crippen molar-refractivity contribution in [3.05, 3.63) is 43.0 Å². The van der Waals surface area contributed by atoms with Crippen LogP contribution in [0.5, 0.6) is 11.6 Å². The molecule has 5 rings (SSSR count). The fraction of sp³-hybridized carbons (Fsp3) is 0.350. The van der Waals surface area contributed by atoms with Crippen molar-refractivity contribution >= 4 is 0 Å². The van der Waals surface area contributed by atoms with Gasteiger partial charge in [0.1, 0.15) is 11.9 Å². The quantitative estimate of drug-likeness (QED) is 0.643. The summed E-state index contributed by atoms with van der Waals surface area (Å²) in [6.07, 6.45) is 7.39. The molecule has 2 aliphatic heterocycles. The number of aromatic nitrogens is 4. The minimum absolute atomic E-state index is 0.0976. The van der Waals surface area contributed by atoms with E-state index in [-0.39, 0.29) is 11.8 Å². The van der Waals surface area contributed by atoms with Crippen molar-refractivity contribution < 1.29 is 14.2 Å². The lowest BCUT2D eigenvalue weighted by Crippen LogP contribution is -2.51. The Morgan fingerprint density at radius 2 is 2.04 bits per heavy atom. The third-order valence-corrected chi connectivity index (χ3v) is 5.54. The summed E-state index contributed by atoms with van der Waals surface area (Å²) in [4.78, 5) is 8.61. The Morgan fingerprint density at radius 3 is 2.79 bits per heavy atom. The van der Waals surface area contributed by atoms with E-state index in [2.05, 4.69) is 25.5 Å². The van der Waals surface area contributed by atoms with Crippen LogP contribution in [0.4, 0.5) is 4.39 Å². The molecule has 3 N–H and O–H groups in total. The first-order valence-corrected chi connectivity index (χ1v) is 9.39. The molecule has 2 saturated heterocycles. The predicted molar refractivity (Wildman–Crippen MR) is 101 cm³/mol. The summed E-state index contributed by atoms with van der Waals surface area (Å²) in [6.45, 7) is 0. The van der Waals surface area contributed by atoms with E-state index < -0.39 is 12.3 Å². The van der Waals surface area contributed by atoms with Crippen LogP contribution in [-0.4, -0.2) is 49.6 Å². The molecule has 0 saturated carbocycles. The highest BCUT2D eigenvalue weighted by atomic mass is 19.1. The van der Waals surface area contributed by atoms with Crippen molar-refractivity contribution in [1.82, 2.24) is 25.5 Å². The normalized spacial score (nSPS) is 26.3. The number of phenolic OH excluding ortho intramolecular Hbond substituents is 1. The van der Waals surface area contributed by atoms with E-state index in [0.29, 0.717) is 29.6 Å². The SMILES string of the molecule is Oc1cc(-c2cn[nH]c2)ccc1-c1cnc(O[C@@H]2CC3CCC(N3)[C@@H]2F)cn1.